The molecule has 0 aromatic heterocycles. The average Bonchev–Trinajstić information content (AvgIpc) is 2.77. The van der Waals surface area contributed by atoms with Gasteiger partial charge in [-0.2, -0.15) is 12.6 Å². The topological polar surface area (TPSA) is 46.6 Å². The Morgan fingerprint density at radius 1 is 1.00 bits per heavy atom. The van der Waals surface area contributed by atoms with Crippen LogP contribution in [-0.4, -0.2) is 35.2 Å². The third-order valence-corrected chi connectivity index (χ3v) is 7.96. The van der Waals surface area contributed by atoms with E-state index < -0.39 is 16.4 Å². The van der Waals surface area contributed by atoms with Crippen LogP contribution in [0.15, 0.2) is 36.4 Å². The van der Waals surface area contributed by atoms with Crippen molar-refractivity contribution in [3.05, 3.63) is 58.7 Å². The summed E-state index contributed by atoms with van der Waals surface area (Å²) in [5.74, 6) is 1.48. The van der Waals surface area contributed by atoms with Crippen molar-refractivity contribution < 1.29 is 13.7 Å². The van der Waals surface area contributed by atoms with E-state index in [1.165, 1.54) is 11.1 Å². The van der Waals surface area contributed by atoms with Crippen molar-refractivity contribution in [2.75, 3.05) is 29.5 Å². The first kappa shape index (κ1) is 28.4. The van der Waals surface area contributed by atoms with Crippen LogP contribution in [0, 0.1) is 19.3 Å². The predicted molar refractivity (Wildman–Crippen MR) is 149 cm³/mol. The molecule has 0 saturated heterocycles. The lowest BCUT2D eigenvalue weighted by Gasteiger charge is -2.35. The number of hydrogen-bond acceptors (Lipinski definition) is 4. The molecule has 0 radical (unpaired) electrons. The Balaban J connectivity index is 2.43. The molecule has 2 aromatic rings. The molecule has 188 valence electrons. The minimum absolute atomic E-state index is 0.0820. The Hall–Kier alpha value is -1.79. The van der Waals surface area contributed by atoms with Crippen LogP contribution in [0.1, 0.15) is 69.7 Å². The molecular formula is C28H41NO3S2. The van der Waals surface area contributed by atoms with Gasteiger partial charge in [0.05, 0.1) is 5.69 Å². The molecule has 1 unspecified atom stereocenters. The molecule has 2 rings (SSSR count). The highest BCUT2D eigenvalue weighted by Crippen LogP contribution is 2.41. The fourth-order valence-corrected chi connectivity index (χ4v) is 5.58. The molecule has 0 amide bonds. The number of benzene rings is 2. The van der Waals surface area contributed by atoms with E-state index in [4.69, 9.17) is 4.74 Å². The van der Waals surface area contributed by atoms with Crippen molar-refractivity contribution in [2.45, 2.75) is 66.7 Å². The lowest BCUT2D eigenvalue weighted by molar-refractivity contribution is -0.128. The van der Waals surface area contributed by atoms with Crippen molar-refractivity contribution >= 4 is 35.1 Å². The third kappa shape index (κ3) is 6.25. The summed E-state index contributed by atoms with van der Waals surface area (Å²) >= 11 is 4.34. The number of anilines is 1. The smallest absolute Gasteiger partial charge is 0.175 e. The Morgan fingerprint density at radius 2 is 1.56 bits per heavy atom. The largest absolute Gasteiger partial charge is 0.486 e. The van der Waals surface area contributed by atoms with E-state index in [1.807, 2.05) is 38.1 Å². The number of rotatable bonds is 11. The van der Waals surface area contributed by atoms with Crippen molar-refractivity contribution in [2.24, 2.45) is 5.41 Å². The number of carbonyl (C=O) groups is 1. The zero-order valence-corrected chi connectivity index (χ0v) is 23.7. The van der Waals surface area contributed by atoms with Crippen molar-refractivity contribution in [3.63, 3.8) is 0 Å². The number of nitrogens with zero attached hydrogens (tertiary/aromatic N) is 1. The summed E-state index contributed by atoms with van der Waals surface area (Å²) in [5.41, 5.74) is 5.06. The summed E-state index contributed by atoms with van der Waals surface area (Å²) in [4.78, 5) is 12.3. The van der Waals surface area contributed by atoms with Gasteiger partial charge in [-0.05, 0) is 61.1 Å². The highest BCUT2D eigenvalue weighted by Gasteiger charge is 2.32. The number of carbonyl (C=O) groups excluding carboxylic acids is 1. The SMILES string of the molecule is CCC(CC)(c1ccc(OCC(=O)C(C)(C)C)c(C)c1)c1ccc(N(CCS)S(C)=O)c(C)c1. The number of thiol groups is 1. The Bertz CT molecular complexity index is 1020. The van der Waals surface area contributed by atoms with Gasteiger partial charge in [0.1, 0.15) is 23.3 Å². The Morgan fingerprint density at radius 3 is 2.00 bits per heavy atom. The predicted octanol–water partition coefficient (Wildman–Crippen LogP) is 6.43. The summed E-state index contributed by atoms with van der Waals surface area (Å²) in [6.45, 7) is 15.0. The zero-order chi connectivity index (χ0) is 25.7. The second-order valence-corrected chi connectivity index (χ2v) is 11.7. The molecular weight excluding hydrogens is 462 g/mol. The maximum absolute atomic E-state index is 12.3. The number of ketones is 1. The first-order valence-electron chi connectivity index (χ1n) is 12.0. The van der Waals surface area contributed by atoms with Crippen molar-refractivity contribution in [1.29, 1.82) is 0 Å². The summed E-state index contributed by atoms with van der Waals surface area (Å²) in [6.07, 6.45) is 3.61. The molecule has 2 aromatic carbocycles. The van der Waals surface area contributed by atoms with Crippen LogP contribution in [0.5, 0.6) is 5.75 Å². The van der Waals surface area contributed by atoms with Gasteiger partial charge >= 0.3 is 0 Å². The lowest BCUT2D eigenvalue weighted by Crippen LogP contribution is -2.29. The highest BCUT2D eigenvalue weighted by molar-refractivity contribution is 7.85. The normalized spacial score (nSPS) is 13.0. The molecule has 0 spiro atoms. The molecule has 0 bridgehead atoms. The molecule has 6 heteroatoms. The minimum Gasteiger partial charge on any atom is -0.486 e. The van der Waals surface area contributed by atoms with Gasteiger partial charge in [0, 0.05) is 29.4 Å². The van der Waals surface area contributed by atoms with Gasteiger partial charge in [0.25, 0.3) is 0 Å². The van der Waals surface area contributed by atoms with Crippen LogP contribution in [0.25, 0.3) is 0 Å². The Kier molecular flexibility index (Phi) is 9.84. The van der Waals surface area contributed by atoms with Gasteiger partial charge in [-0.15, -0.1) is 0 Å². The monoisotopic (exact) mass is 503 g/mol. The molecule has 0 fully saturated rings. The first-order chi connectivity index (χ1) is 15.9. The molecule has 0 N–H and O–H groups in total. The summed E-state index contributed by atoms with van der Waals surface area (Å²) < 4.78 is 20.1. The van der Waals surface area contributed by atoms with E-state index in [0.29, 0.717) is 12.3 Å². The van der Waals surface area contributed by atoms with Gasteiger partial charge in [-0.25, -0.2) is 4.21 Å². The van der Waals surface area contributed by atoms with Gasteiger partial charge in [-0.3, -0.25) is 9.10 Å². The van der Waals surface area contributed by atoms with Crippen LogP contribution in [0.2, 0.25) is 0 Å². The maximum atomic E-state index is 12.3. The maximum Gasteiger partial charge on any atom is 0.175 e. The van der Waals surface area contributed by atoms with Gasteiger partial charge in [0.2, 0.25) is 0 Å². The average molecular weight is 504 g/mol. The van der Waals surface area contributed by atoms with E-state index in [1.54, 1.807) is 6.26 Å². The van der Waals surface area contributed by atoms with Crippen LogP contribution in [0.4, 0.5) is 5.69 Å². The zero-order valence-electron chi connectivity index (χ0n) is 22.0. The number of hydrogen-bond donors (Lipinski definition) is 1. The van der Waals surface area contributed by atoms with Gasteiger partial charge < -0.3 is 4.74 Å². The van der Waals surface area contributed by atoms with Gasteiger partial charge in [0.15, 0.2) is 5.78 Å². The summed E-state index contributed by atoms with van der Waals surface area (Å²) in [6, 6.07) is 12.8. The van der Waals surface area contributed by atoms with E-state index >= 15 is 0 Å². The first-order valence-corrected chi connectivity index (χ1v) is 14.2. The van der Waals surface area contributed by atoms with E-state index in [0.717, 1.165) is 35.4 Å². The van der Waals surface area contributed by atoms with Crippen molar-refractivity contribution in [3.8, 4) is 5.75 Å². The van der Waals surface area contributed by atoms with E-state index in [-0.39, 0.29) is 17.8 Å². The van der Waals surface area contributed by atoms with Crippen molar-refractivity contribution in [1.82, 2.24) is 0 Å². The fraction of sp³-hybridized carbons (Fsp3) is 0.536. The molecule has 4 nitrogen and oxygen atoms in total. The number of aryl methyl sites for hydroxylation is 2. The molecule has 0 heterocycles. The van der Waals surface area contributed by atoms with E-state index in [2.05, 4.69) is 63.7 Å². The van der Waals surface area contributed by atoms with Crippen LogP contribution in [0.3, 0.4) is 0 Å². The number of ether oxygens (including phenoxy) is 1. The second kappa shape index (κ2) is 11.8. The molecule has 0 aliphatic heterocycles. The Labute approximate surface area is 214 Å². The minimum atomic E-state index is -1.10. The standard InChI is InChI=1S/C28H41NO3S2/c1-9-28(10-2,22-11-13-24(20(3)17-22)29(15-16-33)34(8)31)23-12-14-25(21(4)18-23)32-19-26(30)27(5,6)7/h11-14,17-18,33H,9-10,15-16,19H2,1-8H3. The van der Waals surface area contributed by atoms with E-state index in [9.17, 15) is 9.00 Å². The van der Waals surface area contributed by atoms with Gasteiger partial charge in [-0.1, -0.05) is 58.9 Å². The quantitative estimate of drug-likeness (QED) is 0.359. The molecule has 34 heavy (non-hydrogen) atoms. The highest BCUT2D eigenvalue weighted by atomic mass is 32.2. The number of Topliss-reactive ketones (excluding diaryl/α,β-unsaturated/α-hetero) is 1. The molecule has 0 aliphatic carbocycles. The molecule has 1 atom stereocenters. The summed E-state index contributed by atoms with van der Waals surface area (Å²) in [5, 5.41) is 0. The molecule has 0 aliphatic rings. The summed E-state index contributed by atoms with van der Waals surface area (Å²) in [7, 11) is -1.10. The van der Waals surface area contributed by atoms with Crippen LogP contribution in [-0.2, 0) is 21.2 Å². The lowest BCUT2D eigenvalue weighted by atomic mass is 9.70. The third-order valence-electron chi connectivity index (χ3n) is 6.76. The molecule has 0 saturated carbocycles. The fourth-order valence-electron chi connectivity index (χ4n) is 4.41. The van der Waals surface area contributed by atoms with Crippen LogP contribution >= 0.6 is 12.6 Å². The second-order valence-electron chi connectivity index (χ2n) is 9.98. The van der Waals surface area contributed by atoms with Crippen LogP contribution < -0.4 is 9.04 Å².